The first-order valence-electron chi connectivity index (χ1n) is 6.01. The first-order valence-corrected chi connectivity index (χ1v) is 6.92. The van der Waals surface area contributed by atoms with E-state index >= 15 is 0 Å². The Morgan fingerprint density at radius 2 is 2.06 bits per heavy atom. The minimum Gasteiger partial charge on any atom is -0.261 e. The molecule has 0 amide bonds. The van der Waals surface area contributed by atoms with Gasteiger partial charge in [0.1, 0.15) is 0 Å². The van der Waals surface area contributed by atoms with Crippen LogP contribution in [-0.2, 0) is 12.8 Å². The largest absolute Gasteiger partial charge is 0.261 e. The molecule has 0 radical (unpaired) electrons. The summed E-state index contributed by atoms with van der Waals surface area (Å²) in [4.78, 5) is 5.09. The number of halogens is 1. The summed E-state index contributed by atoms with van der Waals surface area (Å²) in [7, 11) is 0. The van der Waals surface area contributed by atoms with Crippen LogP contribution in [0.15, 0.2) is 18.3 Å². The number of pyridine rings is 1. The van der Waals surface area contributed by atoms with Crippen molar-refractivity contribution >= 4 is 15.9 Å². The highest BCUT2D eigenvalue weighted by atomic mass is 79.9. The van der Waals surface area contributed by atoms with Crippen LogP contribution in [0.3, 0.4) is 0 Å². The van der Waals surface area contributed by atoms with Crippen molar-refractivity contribution in [1.29, 1.82) is 0 Å². The zero-order chi connectivity index (χ0) is 12.2. The van der Waals surface area contributed by atoms with Crippen LogP contribution in [0, 0.1) is 5.41 Å². The molecule has 0 aromatic carbocycles. The molecule has 0 N–H and O–H groups in total. The van der Waals surface area contributed by atoms with Gasteiger partial charge in [0, 0.05) is 16.7 Å². The Morgan fingerprint density at radius 1 is 1.38 bits per heavy atom. The van der Waals surface area contributed by atoms with Gasteiger partial charge in [0.05, 0.1) is 0 Å². The van der Waals surface area contributed by atoms with Crippen molar-refractivity contribution in [3.05, 3.63) is 29.6 Å². The third-order valence-electron chi connectivity index (χ3n) is 2.79. The van der Waals surface area contributed by atoms with Crippen molar-refractivity contribution in [2.75, 3.05) is 0 Å². The van der Waals surface area contributed by atoms with Gasteiger partial charge in [-0.05, 0) is 36.3 Å². The Balaban J connectivity index is 2.64. The van der Waals surface area contributed by atoms with Crippen molar-refractivity contribution in [2.45, 2.75) is 51.8 Å². The van der Waals surface area contributed by atoms with Gasteiger partial charge in [-0.15, -0.1) is 0 Å². The van der Waals surface area contributed by atoms with Crippen molar-refractivity contribution < 1.29 is 0 Å². The molecule has 1 rings (SSSR count). The van der Waals surface area contributed by atoms with Crippen LogP contribution in [0.5, 0.6) is 0 Å². The van der Waals surface area contributed by atoms with Gasteiger partial charge in [0.2, 0.25) is 0 Å². The quantitative estimate of drug-likeness (QED) is 0.731. The van der Waals surface area contributed by atoms with Crippen LogP contribution in [0.2, 0.25) is 0 Å². The lowest BCUT2D eigenvalue weighted by atomic mass is 9.83. The van der Waals surface area contributed by atoms with Crippen molar-refractivity contribution in [2.24, 2.45) is 5.41 Å². The summed E-state index contributed by atoms with van der Waals surface area (Å²) in [5.41, 5.74) is 2.83. The normalized spacial score (nSPS) is 13.8. The molecule has 90 valence electrons. The smallest absolute Gasteiger partial charge is 0.0409 e. The lowest BCUT2D eigenvalue weighted by Crippen LogP contribution is -2.19. The van der Waals surface area contributed by atoms with E-state index in [9.17, 15) is 0 Å². The first kappa shape index (κ1) is 13.7. The van der Waals surface area contributed by atoms with Crippen LogP contribution in [0.25, 0.3) is 0 Å². The summed E-state index contributed by atoms with van der Waals surface area (Å²) in [6, 6.07) is 4.36. The molecule has 1 atom stereocenters. The van der Waals surface area contributed by atoms with Gasteiger partial charge in [0.15, 0.2) is 0 Å². The summed E-state index contributed by atoms with van der Waals surface area (Å²) >= 11 is 3.63. The number of nitrogens with zero attached hydrogens (tertiary/aromatic N) is 1. The van der Waals surface area contributed by atoms with Crippen molar-refractivity contribution in [3.63, 3.8) is 0 Å². The second-order valence-corrected chi connectivity index (χ2v) is 6.90. The van der Waals surface area contributed by atoms with Gasteiger partial charge < -0.3 is 0 Å². The van der Waals surface area contributed by atoms with Crippen LogP contribution in [0.4, 0.5) is 0 Å². The van der Waals surface area contributed by atoms with E-state index < -0.39 is 0 Å². The topological polar surface area (TPSA) is 12.9 Å². The number of alkyl halides is 1. The summed E-state index contributed by atoms with van der Waals surface area (Å²) in [6.45, 7) is 8.98. The van der Waals surface area contributed by atoms with E-state index in [2.05, 4.69) is 60.7 Å². The van der Waals surface area contributed by atoms with E-state index in [4.69, 9.17) is 0 Å². The number of aromatic nitrogens is 1. The molecule has 16 heavy (non-hydrogen) atoms. The fraction of sp³-hybridized carbons (Fsp3) is 0.643. The van der Waals surface area contributed by atoms with E-state index in [1.54, 1.807) is 0 Å². The minimum absolute atomic E-state index is 0.309. The summed E-state index contributed by atoms with van der Waals surface area (Å²) in [5.74, 6) is 0. The molecule has 0 fully saturated rings. The molecule has 1 unspecified atom stereocenters. The fourth-order valence-electron chi connectivity index (χ4n) is 2.09. The minimum atomic E-state index is 0.309. The van der Waals surface area contributed by atoms with Crippen LogP contribution < -0.4 is 0 Å². The zero-order valence-corrected chi connectivity index (χ0v) is 12.3. The van der Waals surface area contributed by atoms with Gasteiger partial charge in [-0.2, -0.15) is 0 Å². The zero-order valence-electron chi connectivity index (χ0n) is 10.8. The molecular weight excluding hydrogens is 262 g/mol. The van der Waals surface area contributed by atoms with E-state index in [1.165, 1.54) is 17.7 Å². The molecule has 0 bridgehead atoms. The molecule has 0 aliphatic carbocycles. The van der Waals surface area contributed by atoms with Gasteiger partial charge >= 0.3 is 0 Å². The highest BCUT2D eigenvalue weighted by molar-refractivity contribution is 9.09. The average molecular weight is 284 g/mol. The highest BCUT2D eigenvalue weighted by Crippen LogP contribution is 2.29. The maximum atomic E-state index is 4.53. The summed E-state index contributed by atoms with van der Waals surface area (Å²) in [5, 5.41) is 0. The molecule has 1 heterocycles. The SMILES string of the molecule is CCc1ccc(CC(C)(C)CC(C)Br)nc1. The van der Waals surface area contributed by atoms with E-state index in [0.29, 0.717) is 10.2 Å². The highest BCUT2D eigenvalue weighted by Gasteiger charge is 2.21. The second kappa shape index (κ2) is 5.81. The van der Waals surface area contributed by atoms with Gasteiger partial charge in [-0.25, -0.2) is 0 Å². The Labute approximate surface area is 108 Å². The third-order valence-corrected chi connectivity index (χ3v) is 3.11. The predicted molar refractivity (Wildman–Crippen MR) is 74.1 cm³/mol. The predicted octanol–water partition coefficient (Wildman–Crippen LogP) is 4.39. The fourth-order valence-corrected chi connectivity index (χ4v) is 2.97. The summed E-state index contributed by atoms with van der Waals surface area (Å²) in [6.07, 6.45) is 5.29. The molecule has 0 aliphatic heterocycles. The number of hydrogen-bond donors (Lipinski definition) is 0. The van der Waals surface area contributed by atoms with Crippen LogP contribution in [0.1, 0.15) is 45.4 Å². The van der Waals surface area contributed by atoms with E-state index in [-0.39, 0.29) is 0 Å². The van der Waals surface area contributed by atoms with E-state index in [0.717, 1.165) is 12.8 Å². The van der Waals surface area contributed by atoms with Crippen molar-refractivity contribution in [1.82, 2.24) is 4.98 Å². The van der Waals surface area contributed by atoms with Crippen LogP contribution in [-0.4, -0.2) is 9.81 Å². The Hall–Kier alpha value is -0.370. The Kier molecular flexibility index (Phi) is 4.97. The second-order valence-electron chi connectivity index (χ2n) is 5.34. The van der Waals surface area contributed by atoms with Crippen LogP contribution >= 0.6 is 15.9 Å². The maximum absolute atomic E-state index is 4.53. The molecule has 1 nitrogen and oxygen atoms in total. The molecule has 2 heteroatoms. The average Bonchev–Trinajstić information content (AvgIpc) is 2.16. The molecule has 0 spiro atoms. The Bertz CT molecular complexity index is 314. The van der Waals surface area contributed by atoms with Gasteiger partial charge in [-0.1, -0.05) is 49.7 Å². The summed E-state index contributed by atoms with van der Waals surface area (Å²) < 4.78 is 0. The standard InChI is InChI=1S/C14H22BrN/c1-5-12-6-7-13(16-10-12)9-14(3,4)8-11(2)15/h6-7,10-11H,5,8-9H2,1-4H3. The first-order chi connectivity index (χ1) is 7.43. The van der Waals surface area contributed by atoms with Crippen molar-refractivity contribution in [3.8, 4) is 0 Å². The molecule has 0 aliphatic rings. The molecule has 0 saturated carbocycles. The Morgan fingerprint density at radius 3 is 2.50 bits per heavy atom. The lowest BCUT2D eigenvalue weighted by molar-refractivity contribution is 0.331. The third kappa shape index (κ3) is 4.65. The molecule has 0 saturated heterocycles. The number of aryl methyl sites for hydroxylation is 1. The molecule has 1 aromatic rings. The van der Waals surface area contributed by atoms with Gasteiger partial charge in [0.25, 0.3) is 0 Å². The number of hydrogen-bond acceptors (Lipinski definition) is 1. The van der Waals surface area contributed by atoms with Gasteiger partial charge in [-0.3, -0.25) is 4.98 Å². The molecular formula is C14H22BrN. The number of rotatable bonds is 5. The monoisotopic (exact) mass is 283 g/mol. The lowest BCUT2D eigenvalue weighted by Gasteiger charge is -2.25. The maximum Gasteiger partial charge on any atom is 0.0409 e. The molecule has 1 aromatic heterocycles. The van der Waals surface area contributed by atoms with E-state index in [1.807, 2.05) is 6.20 Å².